The van der Waals surface area contributed by atoms with Gasteiger partial charge in [-0.2, -0.15) is 12.6 Å². The van der Waals surface area contributed by atoms with Gasteiger partial charge in [0.25, 0.3) is 0 Å². The van der Waals surface area contributed by atoms with Gasteiger partial charge in [0.2, 0.25) is 0 Å². The van der Waals surface area contributed by atoms with Crippen molar-refractivity contribution in [3.05, 3.63) is 0 Å². The fraction of sp³-hybridized carbons (Fsp3) is 1.00. The van der Waals surface area contributed by atoms with E-state index in [9.17, 15) is 0 Å². The summed E-state index contributed by atoms with van der Waals surface area (Å²) in [6.45, 7) is 3.25. The maximum Gasteiger partial charge on any atom is 0.164 e. The van der Waals surface area contributed by atoms with Gasteiger partial charge in [0.1, 0.15) is 6.79 Å². The van der Waals surface area contributed by atoms with Gasteiger partial charge in [-0.15, -0.1) is 0 Å². The molecule has 0 aromatic heterocycles. The zero-order valence-electron chi connectivity index (χ0n) is 7.92. The van der Waals surface area contributed by atoms with Crippen LogP contribution >= 0.6 is 12.6 Å². The number of rotatable bonds is 9. The molecule has 0 saturated carbocycles. The maximum atomic E-state index is 5.35. The standard InChI is InChI=1S/C8H20O2SSi/c1-2-9-8-10-12-7-5-3-4-6-11/h11H,2-8,12H2,1H3. The highest BCUT2D eigenvalue weighted by molar-refractivity contribution is 7.80. The quantitative estimate of drug-likeness (QED) is 0.268. The molecular weight excluding hydrogens is 188 g/mol. The molecule has 0 atom stereocenters. The number of thiol groups is 1. The Kier molecular flexibility index (Phi) is 12.0. The molecule has 0 saturated heterocycles. The lowest BCUT2D eigenvalue weighted by atomic mass is 10.3. The molecular formula is C8H20O2SSi. The fourth-order valence-corrected chi connectivity index (χ4v) is 2.09. The van der Waals surface area contributed by atoms with Gasteiger partial charge in [-0.1, -0.05) is 12.8 Å². The van der Waals surface area contributed by atoms with E-state index in [-0.39, 0.29) is 9.76 Å². The van der Waals surface area contributed by atoms with E-state index in [2.05, 4.69) is 12.6 Å². The number of unbranched alkanes of at least 4 members (excludes halogenated alkanes) is 2. The highest BCUT2D eigenvalue weighted by Gasteiger charge is 1.90. The molecule has 0 spiro atoms. The zero-order chi connectivity index (χ0) is 9.07. The van der Waals surface area contributed by atoms with Gasteiger partial charge >= 0.3 is 0 Å². The smallest absolute Gasteiger partial charge is 0.164 e. The minimum atomic E-state index is -0.287. The summed E-state index contributed by atoms with van der Waals surface area (Å²) in [7, 11) is -0.287. The van der Waals surface area contributed by atoms with Crippen LogP contribution < -0.4 is 0 Å². The van der Waals surface area contributed by atoms with E-state index in [1.807, 2.05) is 6.92 Å². The molecule has 0 aromatic carbocycles. The van der Waals surface area contributed by atoms with E-state index >= 15 is 0 Å². The predicted octanol–water partition coefficient (Wildman–Crippen LogP) is 1.60. The van der Waals surface area contributed by atoms with Crippen LogP contribution in [0.4, 0.5) is 0 Å². The molecule has 0 unspecified atom stereocenters. The summed E-state index contributed by atoms with van der Waals surface area (Å²) >= 11 is 4.15. The Labute approximate surface area is 83.4 Å². The molecule has 0 heterocycles. The van der Waals surface area contributed by atoms with Crippen molar-refractivity contribution >= 4 is 22.4 Å². The Morgan fingerprint density at radius 1 is 1.25 bits per heavy atom. The van der Waals surface area contributed by atoms with Gasteiger partial charge in [0, 0.05) is 6.61 Å². The highest BCUT2D eigenvalue weighted by atomic mass is 32.1. The molecule has 74 valence electrons. The van der Waals surface area contributed by atoms with E-state index in [1.165, 1.54) is 25.3 Å². The van der Waals surface area contributed by atoms with Gasteiger partial charge in [0.15, 0.2) is 9.76 Å². The van der Waals surface area contributed by atoms with Gasteiger partial charge in [-0.3, -0.25) is 0 Å². The average molecular weight is 208 g/mol. The highest BCUT2D eigenvalue weighted by Crippen LogP contribution is 2.00. The van der Waals surface area contributed by atoms with Gasteiger partial charge < -0.3 is 9.16 Å². The van der Waals surface area contributed by atoms with Gasteiger partial charge in [-0.25, -0.2) is 0 Å². The first-order chi connectivity index (χ1) is 5.91. The van der Waals surface area contributed by atoms with E-state index in [1.54, 1.807) is 0 Å². The first-order valence-corrected chi connectivity index (χ1v) is 6.89. The third-order valence-corrected chi connectivity index (χ3v) is 3.13. The lowest BCUT2D eigenvalue weighted by molar-refractivity contribution is 0.0242. The van der Waals surface area contributed by atoms with Crippen molar-refractivity contribution in [2.45, 2.75) is 32.2 Å². The van der Waals surface area contributed by atoms with Crippen molar-refractivity contribution in [3.8, 4) is 0 Å². The molecule has 4 heteroatoms. The van der Waals surface area contributed by atoms with Crippen LogP contribution in [0.15, 0.2) is 0 Å². The second-order valence-electron chi connectivity index (χ2n) is 2.66. The molecule has 0 aromatic rings. The van der Waals surface area contributed by atoms with Gasteiger partial charge in [-0.05, 0) is 25.1 Å². The molecule has 0 rings (SSSR count). The van der Waals surface area contributed by atoms with Crippen LogP contribution in [0.1, 0.15) is 26.2 Å². The van der Waals surface area contributed by atoms with E-state index in [0.717, 1.165) is 12.4 Å². The largest absolute Gasteiger partial charge is 0.402 e. The molecule has 0 aliphatic heterocycles. The molecule has 0 fully saturated rings. The topological polar surface area (TPSA) is 18.5 Å². The molecule has 2 nitrogen and oxygen atoms in total. The zero-order valence-corrected chi connectivity index (χ0v) is 10.2. The Bertz CT molecular complexity index is 73.5. The first-order valence-electron chi connectivity index (χ1n) is 4.68. The van der Waals surface area contributed by atoms with Crippen LogP contribution in [0.3, 0.4) is 0 Å². The Morgan fingerprint density at radius 3 is 2.75 bits per heavy atom. The summed E-state index contributed by atoms with van der Waals surface area (Å²) in [5.74, 6) is 1.02. The van der Waals surface area contributed by atoms with Crippen LogP contribution in [0.5, 0.6) is 0 Å². The van der Waals surface area contributed by atoms with Crippen molar-refractivity contribution in [2.24, 2.45) is 0 Å². The second-order valence-corrected chi connectivity index (χ2v) is 4.63. The van der Waals surface area contributed by atoms with Crippen LogP contribution in [-0.2, 0) is 9.16 Å². The summed E-state index contributed by atoms with van der Waals surface area (Å²) < 4.78 is 10.4. The number of ether oxygens (including phenoxy) is 1. The van der Waals surface area contributed by atoms with Crippen LogP contribution in [0.2, 0.25) is 6.04 Å². The molecule has 0 aliphatic rings. The Balaban J connectivity index is 2.73. The molecule has 0 amide bonds. The summed E-state index contributed by atoms with van der Waals surface area (Å²) in [6.07, 6.45) is 3.84. The normalized spacial score (nSPS) is 11.5. The molecule has 0 bridgehead atoms. The molecule has 12 heavy (non-hydrogen) atoms. The molecule has 0 aliphatic carbocycles. The fourth-order valence-electron chi connectivity index (χ4n) is 0.871. The third-order valence-electron chi connectivity index (χ3n) is 1.57. The van der Waals surface area contributed by atoms with Crippen molar-refractivity contribution in [1.29, 1.82) is 0 Å². The third kappa shape index (κ3) is 10.5. The van der Waals surface area contributed by atoms with Crippen molar-refractivity contribution in [2.75, 3.05) is 19.2 Å². The molecule has 0 radical (unpaired) electrons. The van der Waals surface area contributed by atoms with E-state index in [4.69, 9.17) is 9.16 Å². The lowest BCUT2D eigenvalue weighted by Gasteiger charge is -2.02. The summed E-state index contributed by atoms with van der Waals surface area (Å²) in [6, 6.07) is 1.28. The summed E-state index contributed by atoms with van der Waals surface area (Å²) in [5, 5.41) is 0. The van der Waals surface area contributed by atoms with Crippen LogP contribution in [0.25, 0.3) is 0 Å². The monoisotopic (exact) mass is 208 g/mol. The number of hydrogen-bond acceptors (Lipinski definition) is 3. The predicted molar refractivity (Wildman–Crippen MR) is 58.6 cm³/mol. The first kappa shape index (κ1) is 12.5. The van der Waals surface area contributed by atoms with Crippen molar-refractivity contribution < 1.29 is 9.16 Å². The lowest BCUT2D eigenvalue weighted by Crippen LogP contribution is -2.03. The summed E-state index contributed by atoms with van der Waals surface area (Å²) in [4.78, 5) is 0. The second kappa shape index (κ2) is 11.5. The molecule has 0 N–H and O–H groups in total. The van der Waals surface area contributed by atoms with E-state index < -0.39 is 0 Å². The van der Waals surface area contributed by atoms with Crippen molar-refractivity contribution in [3.63, 3.8) is 0 Å². The minimum absolute atomic E-state index is 0.287. The van der Waals surface area contributed by atoms with E-state index in [0.29, 0.717) is 6.79 Å². The number of hydrogen-bond donors (Lipinski definition) is 1. The average Bonchev–Trinajstić information content (AvgIpc) is 2.10. The Hall–Kier alpha value is 0.487. The summed E-state index contributed by atoms with van der Waals surface area (Å²) in [5.41, 5.74) is 0. The van der Waals surface area contributed by atoms with Crippen molar-refractivity contribution in [1.82, 2.24) is 0 Å². The minimum Gasteiger partial charge on any atom is -0.402 e. The SMILES string of the molecule is CCOCO[SiH2]CCCCCS. The van der Waals surface area contributed by atoms with Crippen LogP contribution in [0, 0.1) is 0 Å². The van der Waals surface area contributed by atoms with Gasteiger partial charge in [0.05, 0.1) is 0 Å². The maximum absolute atomic E-state index is 5.35. The van der Waals surface area contributed by atoms with Crippen LogP contribution in [-0.4, -0.2) is 28.9 Å². The Morgan fingerprint density at radius 2 is 2.08 bits per heavy atom.